The molecule has 0 bridgehead atoms. The molecule has 0 aromatic heterocycles. The second-order valence-corrected chi connectivity index (χ2v) is 7.63. The number of anilines is 1. The first kappa shape index (κ1) is 21.1. The van der Waals surface area contributed by atoms with Crippen molar-refractivity contribution in [3.8, 4) is 0 Å². The fourth-order valence-corrected chi connectivity index (χ4v) is 3.37. The SMILES string of the molecule is C[C@H](NS(=O)(=O)c1ccc(Cl)cc1)C(=O)Nc1ccc(F)c(C(F)(F)F)c1. The van der Waals surface area contributed by atoms with Crippen molar-refractivity contribution in [3.05, 3.63) is 58.9 Å². The van der Waals surface area contributed by atoms with Crippen molar-refractivity contribution in [2.75, 3.05) is 5.32 Å². The van der Waals surface area contributed by atoms with E-state index in [0.717, 1.165) is 6.07 Å². The van der Waals surface area contributed by atoms with E-state index in [4.69, 9.17) is 11.6 Å². The summed E-state index contributed by atoms with van der Waals surface area (Å²) < 4.78 is 77.9. The summed E-state index contributed by atoms with van der Waals surface area (Å²) in [7, 11) is -4.06. The molecule has 0 heterocycles. The molecule has 2 N–H and O–H groups in total. The van der Waals surface area contributed by atoms with E-state index in [1.807, 2.05) is 0 Å². The van der Waals surface area contributed by atoms with Crippen LogP contribution in [0.1, 0.15) is 12.5 Å². The smallest absolute Gasteiger partial charge is 0.325 e. The Labute approximate surface area is 157 Å². The Morgan fingerprint density at radius 3 is 2.26 bits per heavy atom. The standard InChI is InChI=1S/C16H13ClF4N2O3S/c1-9(23-27(25,26)12-5-2-10(17)3-6-12)15(24)22-11-4-7-14(18)13(8-11)16(19,20)21/h2-9,23H,1H3,(H,22,24)/t9-/m0/s1. The molecule has 11 heteroatoms. The number of halogens is 5. The molecule has 27 heavy (non-hydrogen) atoms. The summed E-state index contributed by atoms with van der Waals surface area (Å²) in [6, 6.07) is 5.74. The van der Waals surface area contributed by atoms with Crippen LogP contribution in [0.5, 0.6) is 0 Å². The van der Waals surface area contributed by atoms with Gasteiger partial charge in [-0.15, -0.1) is 0 Å². The van der Waals surface area contributed by atoms with Crippen molar-refractivity contribution in [2.45, 2.75) is 24.0 Å². The summed E-state index contributed by atoms with van der Waals surface area (Å²) in [6.07, 6.45) is -4.94. The maximum absolute atomic E-state index is 13.3. The van der Waals surface area contributed by atoms with Crippen molar-refractivity contribution in [3.63, 3.8) is 0 Å². The highest BCUT2D eigenvalue weighted by Gasteiger charge is 2.34. The molecule has 0 aliphatic rings. The minimum Gasteiger partial charge on any atom is -0.325 e. The average Bonchev–Trinajstić information content (AvgIpc) is 2.55. The fraction of sp³-hybridized carbons (Fsp3) is 0.188. The number of nitrogens with one attached hydrogen (secondary N) is 2. The lowest BCUT2D eigenvalue weighted by molar-refractivity contribution is -0.140. The van der Waals surface area contributed by atoms with E-state index in [0.29, 0.717) is 17.2 Å². The van der Waals surface area contributed by atoms with E-state index in [1.54, 1.807) is 0 Å². The number of hydrogen-bond donors (Lipinski definition) is 2. The number of alkyl halides is 3. The number of rotatable bonds is 5. The quantitative estimate of drug-likeness (QED) is 0.717. The Hall–Kier alpha value is -2.17. The fourth-order valence-electron chi connectivity index (χ4n) is 2.04. The van der Waals surface area contributed by atoms with Gasteiger partial charge in [0, 0.05) is 10.7 Å². The first-order valence-electron chi connectivity index (χ1n) is 7.35. The maximum Gasteiger partial charge on any atom is 0.419 e. The van der Waals surface area contributed by atoms with Gasteiger partial charge in [0.2, 0.25) is 15.9 Å². The molecule has 2 rings (SSSR count). The van der Waals surface area contributed by atoms with E-state index in [1.165, 1.54) is 31.2 Å². The average molecular weight is 425 g/mol. The van der Waals surface area contributed by atoms with Gasteiger partial charge in [-0.2, -0.15) is 17.9 Å². The molecule has 0 aliphatic heterocycles. The molecule has 2 aromatic carbocycles. The highest BCUT2D eigenvalue weighted by Crippen LogP contribution is 2.33. The minimum absolute atomic E-state index is 0.146. The Bertz CT molecular complexity index is 947. The first-order chi connectivity index (χ1) is 12.4. The Morgan fingerprint density at radius 1 is 1.11 bits per heavy atom. The lowest BCUT2D eigenvalue weighted by Crippen LogP contribution is -2.41. The summed E-state index contributed by atoms with van der Waals surface area (Å²) in [4.78, 5) is 11.9. The van der Waals surface area contributed by atoms with E-state index < -0.39 is 39.5 Å². The van der Waals surface area contributed by atoms with Gasteiger partial charge < -0.3 is 5.32 Å². The number of carbonyl (C=O) groups excluding carboxylic acids is 1. The predicted molar refractivity (Wildman–Crippen MR) is 91.3 cm³/mol. The van der Waals surface area contributed by atoms with E-state index in [-0.39, 0.29) is 10.6 Å². The molecule has 0 saturated heterocycles. The normalized spacial score (nSPS) is 13.3. The van der Waals surface area contributed by atoms with E-state index >= 15 is 0 Å². The van der Waals surface area contributed by atoms with Crippen LogP contribution in [0.3, 0.4) is 0 Å². The van der Waals surface area contributed by atoms with Crippen molar-refractivity contribution < 1.29 is 30.8 Å². The zero-order chi connectivity index (χ0) is 20.4. The van der Waals surface area contributed by atoms with Gasteiger partial charge in [0.1, 0.15) is 5.82 Å². The Morgan fingerprint density at radius 2 is 1.70 bits per heavy atom. The van der Waals surface area contributed by atoms with Crippen LogP contribution in [-0.2, 0) is 21.0 Å². The topological polar surface area (TPSA) is 75.3 Å². The molecule has 0 saturated carbocycles. The van der Waals surface area contributed by atoms with Crippen LogP contribution in [0, 0.1) is 5.82 Å². The predicted octanol–water partition coefficient (Wildman–Crippen LogP) is 3.80. The third kappa shape index (κ3) is 5.41. The Kier molecular flexibility index (Phi) is 6.13. The molecule has 2 aromatic rings. The molecule has 0 aliphatic carbocycles. The Balaban J connectivity index is 2.13. The highest BCUT2D eigenvalue weighted by atomic mass is 35.5. The third-order valence-corrected chi connectivity index (χ3v) is 5.20. The molecular formula is C16H13ClF4N2O3S. The summed E-state index contributed by atoms with van der Waals surface area (Å²) in [5.74, 6) is -2.41. The highest BCUT2D eigenvalue weighted by molar-refractivity contribution is 7.89. The van der Waals surface area contributed by atoms with Crippen LogP contribution in [0.4, 0.5) is 23.2 Å². The summed E-state index contributed by atoms with van der Waals surface area (Å²) in [6.45, 7) is 1.21. The molecular weight excluding hydrogens is 412 g/mol. The number of carbonyl (C=O) groups is 1. The van der Waals surface area contributed by atoms with Crippen LogP contribution >= 0.6 is 11.6 Å². The van der Waals surface area contributed by atoms with Crippen molar-refractivity contribution >= 4 is 33.2 Å². The third-order valence-electron chi connectivity index (χ3n) is 3.39. The molecule has 1 amide bonds. The van der Waals surface area contributed by atoms with Gasteiger partial charge in [0.25, 0.3) is 0 Å². The van der Waals surface area contributed by atoms with Crippen molar-refractivity contribution in [1.82, 2.24) is 4.72 Å². The molecule has 0 radical (unpaired) electrons. The molecule has 0 unspecified atom stereocenters. The first-order valence-corrected chi connectivity index (χ1v) is 9.22. The lowest BCUT2D eigenvalue weighted by atomic mass is 10.1. The summed E-state index contributed by atoms with van der Waals surface area (Å²) >= 11 is 5.68. The van der Waals surface area contributed by atoms with Crippen molar-refractivity contribution in [1.29, 1.82) is 0 Å². The van der Waals surface area contributed by atoms with Gasteiger partial charge in [0.15, 0.2) is 0 Å². The van der Waals surface area contributed by atoms with Crippen LogP contribution in [0.2, 0.25) is 5.02 Å². The maximum atomic E-state index is 13.3. The molecule has 0 fully saturated rings. The largest absolute Gasteiger partial charge is 0.419 e. The lowest BCUT2D eigenvalue weighted by Gasteiger charge is -2.15. The second kappa shape index (κ2) is 7.83. The van der Waals surface area contributed by atoms with Gasteiger partial charge in [0.05, 0.1) is 16.5 Å². The number of hydrogen-bond acceptors (Lipinski definition) is 3. The second-order valence-electron chi connectivity index (χ2n) is 5.48. The van der Waals surface area contributed by atoms with E-state index in [9.17, 15) is 30.8 Å². The van der Waals surface area contributed by atoms with Crippen molar-refractivity contribution in [2.24, 2.45) is 0 Å². The van der Waals surface area contributed by atoms with Gasteiger partial charge in [-0.25, -0.2) is 12.8 Å². The van der Waals surface area contributed by atoms with Crippen LogP contribution in [0.25, 0.3) is 0 Å². The van der Waals surface area contributed by atoms with Crippen LogP contribution in [0.15, 0.2) is 47.4 Å². The summed E-state index contributed by atoms with van der Waals surface area (Å²) in [5.41, 5.74) is -1.87. The zero-order valence-corrected chi connectivity index (χ0v) is 15.2. The zero-order valence-electron chi connectivity index (χ0n) is 13.6. The van der Waals surface area contributed by atoms with Crippen LogP contribution < -0.4 is 10.0 Å². The summed E-state index contributed by atoms with van der Waals surface area (Å²) in [5, 5.41) is 2.43. The van der Waals surface area contributed by atoms with Gasteiger partial charge in [-0.1, -0.05) is 11.6 Å². The molecule has 1 atom stereocenters. The number of sulfonamides is 1. The monoisotopic (exact) mass is 424 g/mol. The van der Waals surface area contributed by atoms with Crippen LogP contribution in [-0.4, -0.2) is 20.4 Å². The molecule has 5 nitrogen and oxygen atoms in total. The minimum atomic E-state index is -4.94. The van der Waals surface area contributed by atoms with Gasteiger partial charge in [-0.3, -0.25) is 4.79 Å². The number of benzene rings is 2. The van der Waals surface area contributed by atoms with E-state index in [2.05, 4.69) is 10.0 Å². The molecule has 146 valence electrons. The molecule has 0 spiro atoms. The van der Waals surface area contributed by atoms with Gasteiger partial charge in [-0.05, 0) is 49.4 Å². The van der Waals surface area contributed by atoms with Gasteiger partial charge >= 0.3 is 6.18 Å². The number of amides is 1.